The second-order valence-corrected chi connectivity index (χ2v) is 9.21. The number of anilines is 2. The number of halogens is 3. The van der Waals surface area contributed by atoms with E-state index in [1.165, 1.54) is 13.3 Å². The van der Waals surface area contributed by atoms with Crippen molar-refractivity contribution in [3.63, 3.8) is 0 Å². The highest BCUT2D eigenvalue weighted by molar-refractivity contribution is 7.92. The average molecular weight is 509 g/mol. The molecule has 0 fully saturated rings. The fraction of sp³-hybridized carbons (Fsp3) is 0.190. The molecule has 9 nitrogen and oxygen atoms in total. The summed E-state index contributed by atoms with van der Waals surface area (Å²) in [6.07, 6.45) is 6.29. The number of nitrogens with zero attached hydrogens (tertiary/aromatic N) is 4. The van der Waals surface area contributed by atoms with E-state index in [-0.39, 0.29) is 34.2 Å². The third-order valence-corrected chi connectivity index (χ3v) is 6.64. The lowest BCUT2D eigenvalue weighted by Crippen LogP contribution is -2.16. The molecule has 2 N–H and O–H groups in total. The van der Waals surface area contributed by atoms with Crippen LogP contribution in [-0.4, -0.2) is 41.9 Å². The Labute approximate surface area is 198 Å². The normalized spacial score (nSPS) is 11.6. The molecule has 13 heteroatoms. The van der Waals surface area contributed by atoms with E-state index in [0.717, 1.165) is 18.2 Å². The molecular formula is C21H19ClF2N6O3S. The van der Waals surface area contributed by atoms with Gasteiger partial charge in [0.1, 0.15) is 5.82 Å². The van der Waals surface area contributed by atoms with Gasteiger partial charge >= 0.3 is 0 Å². The fourth-order valence-electron chi connectivity index (χ4n) is 3.44. The molecular weight excluding hydrogens is 490 g/mol. The molecule has 3 heterocycles. The first-order chi connectivity index (χ1) is 16.2. The number of ether oxygens (including phenoxy) is 1. The molecule has 0 spiro atoms. The lowest BCUT2D eigenvalue weighted by atomic mass is 10.1. The molecule has 0 aliphatic heterocycles. The summed E-state index contributed by atoms with van der Waals surface area (Å²) in [5, 5.41) is 2.98. The molecule has 0 saturated carbocycles. The number of hydrogen-bond acceptors (Lipinski definition) is 7. The van der Waals surface area contributed by atoms with Crippen LogP contribution in [0.1, 0.15) is 11.3 Å². The van der Waals surface area contributed by atoms with Gasteiger partial charge in [-0.25, -0.2) is 32.2 Å². The second-order valence-electron chi connectivity index (χ2n) is 7.12. The summed E-state index contributed by atoms with van der Waals surface area (Å²) >= 11 is 5.86. The van der Waals surface area contributed by atoms with Gasteiger partial charge in [-0.15, -0.1) is 0 Å². The van der Waals surface area contributed by atoms with E-state index in [1.54, 1.807) is 30.0 Å². The second kappa shape index (κ2) is 9.39. The number of benzene rings is 1. The van der Waals surface area contributed by atoms with Crippen LogP contribution in [0, 0.1) is 11.6 Å². The van der Waals surface area contributed by atoms with Gasteiger partial charge in [0.05, 0.1) is 17.8 Å². The number of sulfonamides is 1. The van der Waals surface area contributed by atoms with E-state index in [9.17, 15) is 12.8 Å². The summed E-state index contributed by atoms with van der Waals surface area (Å²) < 4.78 is 64.3. The Morgan fingerprint density at radius 1 is 1.15 bits per heavy atom. The quantitative estimate of drug-likeness (QED) is 0.373. The molecule has 0 saturated heterocycles. The van der Waals surface area contributed by atoms with E-state index in [1.807, 2.05) is 0 Å². The van der Waals surface area contributed by atoms with Crippen molar-refractivity contribution >= 4 is 38.8 Å². The van der Waals surface area contributed by atoms with Gasteiger partial charge in [-0.1, -0.05) is 11.6 Å². The van der Waals surface area contributed by atoms with E-state index >= 15 is 4.39 Å². The summed E-state index contributed by atoms with van der Waals surface area (Å²) in [6.45, 7) is 0. The first-order valence-corrected chi connectivity index (χ1v) is 11.8. The van der Waals surface area contributed by atoms with Gasteiger partial charge in [-0.2, -0.15) is 0 Å². The standard InChI is InChI=1S/C21H19ClF2N6O3S/c1-25-19-20-27-11-13(30(20)8-7-26-19)3-4-14-15(23)5-6-16(18(14)24)29-34(31,32)17-9-12(22)10-28-21(17)33-2/h5-11,29H,3-4H2,1-2H3,(H,25,26). The molecule has 0 aliphatic carbocycles. The molecule has 4 aromatic rings. The van der Waals surface area contributed by atoms with E-state index in [2.05, 4.69) is 25.0 Å². The summed E-state index contributed by atoms with van der Waals surface area (Å²) in [5.74, 6) is -1.48. The molecule has 4 rings (SSSR count). The summed E-state index contributed by atoms with van der Waals surface area (Å²) in [4.78, 5) is 11.9. The van der Waals surface area contributed by atoms with Gasteiger partial charge in [0.15, 0.2) is 22.2 Å². The third kappa shape index (κ3) is 4.46. The van der Waals surface area contributed by atoms with Gasteiger partial charge < -0.3 is 10.1 Å². The zero-order valence-electron chi connectivity index (χ0n) is 18.0. The monoisotopic (exact) mass is 508 g/mol. The maximum atomic E-state index is 15.2. The summed E-state index contributed by atoms with van der Waals surface area (Å²) in [5.41, 5.74) is 0.590. The zero-order valence-corrected chi connectivity index (χ0v) is 19.6. The molecule has 3 aromatic heterocycles. The van der Waals surface area contributed by atoms with Crippen molar-refractivity contribution in [1.82, 2.24) is 19.4 Å². The lowest BCUT2D eigenvalue weighted by Gasteiger charge is -2.14. The Morgan fingerprint density at radius 3 is 2.68 bits per heavy atom. The summed E-state index contributed by atoms with van der Waals surface area (Å²) in [6, 6.07) is 3.13. The molecule has 178 valence electrons. The van der Waals surface area contributed by atoms with Crippen LogP contribution in [-0.2, 0) is 22.9 Å². The Bertz CT molecular complexity index is 1480. The fourth-order valence-corrected chi connectivity index (χ4v) is 4.87. The van der Waals surface area contributed by atoms with Gasteiger partial charge in [0.25, 0.3) is 10.0 Å². The molecule has 0 amide bonds. The van der Waals surface area contributed by atoms with Gasteiger partial charge in [-0.3, -0.25) is 9.12 Å². The average Bonchev–Trinajstić information content (AvgIpc) is 3.24. The first kappa shape index (κ1) is 23.6. The number of pyridine rings is 1. The number of rotatable bonds is 8. The van der Waals surface area contributed by atoms with Crippen LogP contribution in [0.2, 0.25) is 5.02 Å². The van der Waals surface area contributed by atoms with Gasteiger partial charge in [0.2, 0.25) is 5.88 Å². The van der Waals surface area contributed by atoms with Crippen LogP contribution in [0.3, 0.4) is 0 Å². The number of nitrogens with one attached hydrogen (secondary N) is 2. The molecule has 1 aromatic carbocycles. The van der Waals surface area contributed by atoms with Crippen molar-refractivity contribution in [1.29, 1.82) is 0 Å². The predicted molar refractivity (Wildman–Crippen MR) is 123 cm³/mol. The van der Waals surface area contributed by atoms with Crippen LogP contribution in [0.4, 0.5) is 20.3 Å². The van der Waals surface area contributed by atoms with Gasteiger partial charge in [-0.05, 0) is 31.0 Å². The topological polar surface area (TPSA) is 111 Å². The molecule has 0 bridgehead atoms. The molecule has 0 unspecified atom stereocenters. The summed E-state index contributed by atoms with van der Waals surface area (Å²) in [7, 11) is -1.39. The number of aromatic nitrogens is 4. The van der Waals surface area contributed by atoms with Crippen molar-refractivity contribution in [2.24, 2.45) is 0 Å². The highest BCUT2D eigenvalue weighted by atomic mass is 35.5. The number of fused-ring (bicyclic) bond motifs is 1. The number of imidazole rings is 1. The van der Waals surface area contributed by atoms with Crippen molar-refractivity contribution in [3.8, 4) is 5.88 Å². The minimum absolute atomic E-state index is 0.0414. The molecule has 34 heavy (non-hydrogen) atoms. The van der Waals surface area contributed by atoms with Crippen LogP contribution in [0.5, 0.6) is 5.88 Å². The van der Waals surface area contributed by atoms with Crippen molar-refractivity contribution in [3.05, 3.63) is 70.9 Å². The highest BCUT2D eigenvalue weighted by Gasteiger charge is 2.24. The van der Waals surface area contributed by atoms with Crippen LogP contribution in [0.25, 0.3) is 5.65 Å². The molecule has 0 atom stereocenters. The van der Waals surface area contributed by atoms with E-state index in [0.29, 0.717) is 17.2 Å². The predicted octanol–water partition coefficient (Wildman–Crippen LogP) is 3.69. The van der Waals surface area contributed by atoms with Crippen LogP contribution >= 0.6 is 11.6 Å². The largest absolute Gasteiger partial charge is 0.480 e. The van der Waals surface area contributed by atoms with Crippen LogP contribution in [0.15, 0.2) is 47.9 Å². The smallest absolute Gasteiger partial charge is 0.267 e. The Hall–Kier alpha value is -3.51. The Balaban J connectivity index is 1.63. The first-order valence-electron chi connectivity index (χ1n) is 9.93. The van der Waals surface area contributed by atoms with Gasteiger partial charge in [0, 0.05) is 43.1 Å². The van der Waals surface area contributed by atoms with Crippen molar-refractivity contribution in [2.75, 3.05) is 24.2 Å². The van der Waals surface area contributed by atoms with E-state index in [4.69, 9.17) is 16.3 Å². The lowest BCUT2D eigenvalue weighted by molar-refractivity contribution is 0.385. The minimum atomic E-state index is -4.34. The number of methoxy groups -OCH3 is 1. The molecule has 0 radical (unpaired) electrons. The van der Waals surface area contributed by atoms with Crippen LogP contribution < -0.4 is 14.8 Å². The maximum Gasteiger partial charge on any atom is 0.267 e. The number of aryl methyl sites for hydroxylation is 1. The Kier molecular flexibility index (Phi) is 6.53. The zero-order chi connectivity index (χ0) is 24.5. The van der Waals surface area contributed by atoms with Crippen molar-refractivity contribution < 1.29 is 21.9 Å². The Morgan fingerprint density at radius 2 is 1.94 bits per heavy atom. The highest BCUT2D eigenvalue weighted by Crippen LogP contribution is 2.29. The maximum absolute atomic E-state index is 15.2. The SMILES string of the molecule is CNc1nccn2c(CCc3c(F)ccc(NS(=O)(=O)c4cc(Cl)cnc4OC)c3F)cnc12. The van der Waals surface area contributed by atoms with Crippen molar-refractivity contribution in [2.45, 2.75) is 17.7 Å². The molecule has 0 aliphatic rings. The third-order valence-electron chi connectivity index (χ3n) is 5.07. The minimum Gasteiger partial charge on any atom is -0.480 e. The van der Waals surface area contributed by atoms with E-state index < -0.39 is 27.3 Å². The number of hydrogen-bond donors (Lipinski definition) is 2.